The van der Waals surface area contributed by atoms with E-state index in [1.807, 2.05) is 19.0 Å². The van der Waals surface area contributed by atoms with Crippen LogP contribution in [0.2, 0.25) is 0 Å². The predicted molar refractivity (Wildman–Crippen MR) is 107 cm³/mol. The van der Waals surface area contributed by atoms with Crippen LogP contribution in [0.4, 0.5) is 15.8 Å². The van der Waals surface area contributed by atoms with E-state index in [1.54, 1.807) is 24.0 Å². The number of hydrazine groups is 1. The monoisotopic (exact) mass is 411 g/mol. The molecular weight excluding hydrogens is 381 g/mol. The van der Waals surface area contributed by atoms with Gasteiger partial charge in [0.05, 0.1) is 12.2 Å². The summed E-state index contributed by atoms with van der Waals surface area (Å²) in [7, 11) is 4.02. The Morgan fingerprint density at radius 2 is 1.93 bits per heavy atom. The highest BCUT2D eigenvalue weighted by molar-refractivity contribution is 5.76. The van der Waals surface area contributed by atoms with Crippen LogP contribution in [-0.4, -0.2) is 98.1 Å². The first kappa shape index (κ1) is 21.7. The van der Waals surface area contributed by atoms with Gasteiger partial charge in [0.15, 0.2) is 0 Å². The predicted octanol–water partition coefficient (Wildman–Crippen LogP) is -0.596. The van der Waals surface area contributed by atoms with Gasteiger partial charge in [0, 0.05) is 52.5 Å². The van der Waals surface area contributed by atoms with E-state index in [1.165, 1.54) is 6.07 Å². The highest BCUT2D eigenvalue weighted by atomic mass is 19.1. The molecule has 10 heteroatoms. The highest BCUT2D eigenvalue weighted by Gasteiger charge is 2.41. The summed E-state index contributed by atoms with van der Waals surface area (Å²) in [5, 5.41) is 25.9. The van der Waals surface area contributed by atoms with E-state index in [4.69, 9.17) is 9.84 Å². The molecule has 1 unspecified atom stereocenters. The van der Waals surface area contributed by atoms with E-state index in [2.05, 4.69) is 15.3 Å². The lowest BCUT2D eigenvalue weighted by molar-refractivity contribution is -0.135. The van der Waals surface area contributed by atoms with Gasteiger partial charge in [-0.2, -0.15) is 0 Å². The van der Waals surface area contributed by atoms with Gasteiger partial charge in [-0.1, -0.05) is 0 Å². The molecule has 2 fully saturated rings. The van der Waals surface area contributed by atoms with Crippen molar-refractivity contribution in [1.82, 2.24) is 15.3 Å². The number of halogens is 1. The van der Waals surface area contributed by atoms with Gasteiger partial charge in [-0.25, -0.2) is 14.4 Å². The number of anilines is 2. The average Bonchev–Trinajstić information content (AvgIpc) is 2.90. The molecule has 0 spiro atoms. The molecule has 2 aliphatic heterocycles. The number of ether oxygens (including phenoxy) is 1. The second-order valence-electron chi connectivity index (χ2n) is 7.84. The Bertz CT molecular complexity index is 727. The zero-order valence-corrected chi connectivity index (χ0v) is 17.1. The molecule has 1 aromatic carbocycles. The van der Waals surface area contributed by atoms with Crippen LogP contribution in [0.5, 0.6) is 0 Å². The largest absolute Gasteiger partial charge is 0.387 e. The Kier molecular flexibility index (Phi) is 6.59. The van der Waals surface area contributed by atoms with Crippen molar-refractivity contribution in [1.29, 1.82) is 0 Å². The first-order valence-electron chi connectivity index (χ1n) is 9.69. The van der Waals surface area contributed by atoms with Gasteiger partial charge in [-0.15, -0.1) is 0 Å². The summed E-state index contributed by atoms with van der Waals surface area (Å²) in [6.07, 6.45) is -1.25. The molecule has 3 N–H and O–H groups in total. The molecule has 9 nitrogen and oxygen atoms in total. The number of aliphatic hydroxyl groups is 2. The minimum atomic E-state index is -1.25. The third kappa shape index (κ3) is 4.96. The van der Waals surface area contributed by atoms with E-state index < -0.39 is 24.5 Å². The number of hydrogen-bond acceptors (Lipinski definition) is 8. The van der Waals surface area contributed by atoms with Crippen LogP contribution >= 0.6 is 0 Å². The lowest BCUT2D eigenvalue weighted by atomic mass is 10.1. The molecule has 0 bridgehead atoms. The molecule has 1 amide bonds. The molecule has 1 aromatic rings. The zero-order chi connectivity index (χ0) is 21.2. The second kappa shape index (κ2) is 8.80. The van der Waals surface area contributed by atoms with E-state index in [-0.39, 0.29) is 18.9 Å². The van der Waals surface area contributed by atoms with Crippen molar-refractivity contribution in [3.05, 3.63) is 24.0 Å². The Balaban J connectivity index is 1.70. The molecule has 0 radical (unpaired) electrons. The van der Waals surface area contributed by atoms with Crippen LogP contribution in [0.25, 0.3) is 0 Å². The SMILES string of the molecule is CN1CCN(c2ccc(N3C[C@](C)(CNC(=O)CO)OC3O)cc2F)CCN1C. The lowest BCUT2D eigenvalue weighted by Crippen LogP contribution is -2.44. The molecular formula is C19H30FN5O4. The normalized spacial score (nSPS) is 26.6. The number of aliphatic hydroxyl groups excluding tert-OH is 2. The first-order valence-corrected chi connectivity index (χ1v) is 9.69. The number of amides is 1. The lowest BCUT2D eigenvalue weighted by Gasteiger charge is -2.26. The Morgan fingerprint density at radius 1 is 1.28 bits per heavy atom. The minimum absolute atomic E-state index is 0.120. The number of nitrogens with one attached hydrogen (secondary N) is 1. The average molecular weight is 411 g/mol. The maximum absolute atomic E-state index is 14.9. The first-order chi connectivity index (χ1) is 13.7. The third-order valence-electron chi connectivity index (χ3n) is 5.54. The molecule has 2 atom stereocenters. The van der Waals surface area contributed by atoms with E-state index in [9.17, 15) is 14.3 Å². The van der Waals surface area contributed by atoms with Crippen molar-refractivity contribution in [2.75, 3.05) is 69.8 Å². The Morgan fingerprint density at radius 3 is 2.52 bits per heavy atom. The number of hydrogen-bond donors (Lipinski definition) is 3. The van der Waals surface area contributed by atoms with E-state index in [0.29, 0.717) is 11.4 Å². The van der Waals surface area contributed by atoms with Gasteiger partial charge >= 0.3 is 0 Å². The summed E-state index contributed by atoms with van der Waals surface area (Å²) in [4.78, 5) is 14.9. The van der Waals surface area contributed by atoms with Crippen LogP contribution in [0.15, 0.2) is 18.2 Å². The summed E-state index contributed by atoms with van der Waals surface area (Å²) >= 11 is 0. The molecule has 0 aliphatic carbocycles. The molecule has 3 rings (SSSR count). The van der Waals surface area contributed by atoms with Gasteiger partial charge in [-0.05, 0) is 25.1 Å². The smallest absolute Gasteiger partial charge is 0.245 e. The van der Waals surface area contributed by atoms with Gasteiger partial charge < -0.3 is 30.1 Å². The quantitative estimate of drug-likeness (QED) is 0.592. The van der Waals surface area contributed by atoms with E-state index in [0.717, 1.165) is 26.2 Å². The summed E-state index contributed by atoms with van der Waals surface area (Å²) in [5.74, 6) is -0.879. The van der Waals surface area contributed by atoms with E-state index >= 15 is 0 Å². The molecule has 162 valence electrons. The van der Waals surface area contributed by atoms with Crippen LogP contribution in [0.3, 0.4) is 0 Å². The number of likely N-dealkylation sites (N-methyl/N-ethyl adjacent to an activating group) is 2. The fourth-order valence-corrected chi connectivity index (χ4v) is 3.61. The zero-order valence-electron chi connectivity index (χ0n) is 17.1. The standard InChI is InChI=1S/C19H30FN5O4/c1-19(12-21-17(27)11-26)13-25(18(28)29-19)14-4-5-16(15(20)10-14)24-8-6-22(2)23(3)7-9-24/h4-5,10,18,26,28H,6-9,11-13H2,1-3H3,(H,21,27)/t18?,19-/m0/s1. The number of benzene rings is 1. The third-order valence-corrected chi connectivity index (χ3v) is 5.54. The van der Waals surface area contributed by atoms with Gasteiger partial charge in [0.2, 0.25) is 12.3 Å². The topological polar surface area (TPSA) is 91.8 Å². The molecule has 2 saturated heterocycles. The second-order valence-corrected chi connectivity index (χ2v) is 7.84. The van der Waals surface area contributed by atoms with Crippen molar-refractivity contribution in [2.45, 2.75) is 18.9 Å². The minimum Gasteiger partial charge on any atom is -0.387 e. The number of carbonyl (C=O) groups is 1. The molecule has 2 aliphatic rings. The Labute approximate surface area is 170 Å². The number of nitrogens with zero attached hydrogens (tertiary/aromatic N) is 4. The van der Waals surface area contributed by atoms with Crippen LogP contribution in [0, 0.1) is 5.82 Å². The van der Waals surface area contributed by atoms with Crippen LogP contribution in [-0.2, 0) is 9.53 Å². The molecule has 0 aromatic heterocycles. The fraction of sp³-hybridized carbons (Fsp3) is 0.632. The van der Waals surface area contributed by atoms with Crippen molar-refractivity contribution in [2.24, 2.45) is 0 Å². The summed E-state index contributed by atoms with van der Waals surface area (Å²) in [5.41, 5.74) is 0.171. The maximum atomic E-state index is 14.9. The van der Waals surface area contributed by atoms with Crippen LogP contribution < -0.4 is 15.1 Å². The number of rotatable bonds is 5. The van der Waals surface area contributed by atoms with Gasteiger partial charge in [0.1, 0.15) is 18.0 Å². The summed E-state index contributed by atoms with van der Waals surface area (Å²) in [6.45, 7) is 4.54. The van der Waals surface area contributed by atoms with Crippen LogP contribution in [0.1, 0.15) is 6.92 Å². The maximum Gasteiger partial charge on any atom is 0.245 e. The Hall–Kier alpha value is -1.98. The highest BCUT2D eigenvalue weighted by Crippen LogP contribution is 2.32. The van der Waals surface area contributed by atoms with Gasteiger partial charge in [0.25, 0.3) is 0 Å². The summed E-state index contributed by atoms with van der Waals surface area (Å²) in [6, 6.07) is 4.89. The van der Waals surface area contributed by atoms with Crippen molar-refractivity contribution in [3.8, 4) is 0 Å². The fourth-order valence-electron chi connectivity index (χ4n) is 3.61. The molecule has 0 saturated carbocycles. The van der Waals surface area contributed by atoms with Gasteiger partial charge in [-0.3, -0.25) is 4.79 Å². The number of carbonyl (C=O) groups excluding carboxylic acids is 1. The van der Waals surface area contributed by atoms with Crippen molar-refractivity contribution in [3.63, 3.8) is 0 Å². The summed E-state index contributed by atoms with van der Waals surface area (Å²) < 4.78 is 20.5. The van der Waals surface area contributed by atoms with Crippen molar-refractivity contribution >= 4 is 17.3 Å². The molecule has 29 heavy (non-hydrogen) atoms. The molecule has 2 heterocycles. The van der Waals surface area contributed by atoms with Crippen molar-refractivity contribution < 1.29 is 24.1 Å².